The average molecular weight is 369 g/mol. The zero-order valence-electron chi connectivity index (χ0n) is 16.9. The van der Waals surface area contributed by atoms with E-state index < -0.39 is 0 Å². The van der Waals surface area contributed by atoms with E-state index in [1.54, 1.807) is 0 Å². The van der Waals surface area contributed by atoms with Crippen LogP contribution in [0.25, 0.3) is 10.9 Å². The summed E-state index contributed by atoms with van der Waals surface area (Å²) in [4.78, 5) is 12.3. The van der Waals surface area contributed by atoms with Crippen LogP contribution in [0.5, 0.6) is 0 Å². The van der Waals surface area contributed by atoms with Crippen LogP contribution in [0.2, 0.25) is 0 Å². The number of benzene rings is 1. The standard InChI is InChI=1S/C22H32N4O/c1-17(2)26-12-13-27-19(16-26)15-24-8-10-25(11-9-24)22-14-18(3)23-21-7-5-4-6-20(21)22/h4-7,14,17,19H,8-13,15-16H2,1-3H3. The van der Waals surface area contributed by atoms with Crippen LogP contribution in [0.15, 0.2) is 30.3 Å². The first kappa shape index (κ1) is 18.7. The Kier molecular flexibility index (Phi) is 5.62. The maximum Gasteiger partial charge on any atom is 0.0829 e. The minimum atomic E-state index is 0.344. The second kappa shape index (κ2) is 8.13. The first-order valence-electron chi connectivity index (χ1n) is 10.3. The Morgan fingerprint density at radius 1 is 1.11 bits per heavy atom. The molecule has 5 heteroatoms. The van der Waals surface area contributed by atoms with Gasteiger partial charge in [0.2, 0.25) is 0 Å². The Bertz CT molecular complexity index is 770. The molecule has 2 saturated heterocycles. The van der Waals surface area contributed by atoms with Crippen molar-refractivity contribution < 1.29 is 4.74 Å². The lowest BCUT2D eigenvalue weighted by atomic mass is 10.1. The van der Waals surface area contributed by atoms with Crippen molar-refractivity contribution in [3.8, 4) is 0 Å². The molecule has 0 aliphatic carbocycles. The summed E-state index contributed by atoms with van der Waals surface area (Å²) in [5.74, 6) is 0. The molecule has 1 aromatic carbocycles. The van der Waals surface area contributed by atoms with Crippen molar-refractivity contribution in [2.24, 2.45) is 0 Å². The van der Waals surface area contributed by atoms with E-state index in [0.717, 1.165) is 63.6 Å². The van der Waals surface area contributed by atoms with Crippen molar-refractivity contribution in [2.75, 3.05) is 57.3 Å². The maximum absolute atomic E-state index is 6.04. The van der Waals surface area contributed by atoms with E-state index in [2.05, 4.69) is 70.8 Å². The molecule has 146 valence electrons. The highest BCUT2D eigenvalue weighted by Crippen LogP contribution is 2.27. The van der Waals surface area contributed by atoms with Crippen LogP contribution in [0, 0.1) is 6.92 Å². The highest BCUT2D eigenvalue weighted by molar-refractivity contribution is 5.92. The molecule has 27 heavy (non-hydrogen) atoms. The number of anilines is 1. The lowest BCUT2D eigenvalue weighted by Crippen LogP contribution is -2.53. The highest BCUT2D eigenvalue weighted by atomic mass is 16.5. The fourth-order valence-corrected chi connectivity index (χ4v) is 4.33. The number of morpholine rings is 1. The molecule has 4 rings (SSSR count). The fourth-order valence-electron chi connectivity index (χ4n) is 4.33. The molecular formula is C22H32N4O. The third kappa shape index (κ3) is 4.26. The van der Waals surface area contributed by atoms with Gasteiger partial charge in [-0.3, -0.25) is 14.8 Å². The molecule has 3 heterocycles. The molecule has 1 atom stereocenters. The molecule has 5 nitrogen and oxygen atoms in total. The maximum atomic E-state index is 6.04. The summed E-state index contributed by atoms with van der Waals surface area (Å²) >= 11 is 0. The van der Waals surface area contributed by atoms with Crippen molar-refractivity contribution in [2.45, 2.75) is 32.9 Å². The van der Waals surface area contributed by atoms with Crippen LogP contribution in [0.1, 0.15) is 19.5 Å². The molecule has 2 aliphatic rings. The van der Waals surface area contributed by atoms with E-state index in [4.69, 9.17) is 4.74 Å². The number of aryl methyl sites for hydroxylation is 1. The van der Waals surface area contributed by atoms with E-state index >= 15 is 0 Å². The monoisotopic (exact) mass is 368 g/mol. The van der Waals surface area contributed by atoms with Crippen LogP contribution in [0.4, 0.5) is 5.69 Å². The topological polar surface area (TPSA) is 31.8 Å². The predicted molar refractivity (Wildman–Crippen MR) is 112 cm³/mol. The fraction of sp³-hybridized carbons (Fsp3) is 0.591. The lowest BCUT2D eigenvalue weighted by molar-refractivity contribution is -0.0525. The Morgan fingerprint density at radius 3 is 2.67 bits per heavy atom. The number of hydrogen-bond donors (Lipinski definition) is 0. The normalized spacial score (nSPS) is 22.7. The van der Waals surface area contributed by atoms with Crippen molar-refractivity contribution in [3.63, 3.8) is 0 Å². The third-order valence-corrected chi connectivity index (χ3v) is 5.90. The Labute approximate surface area is 162 Å². The van der Waals surface area contributed by atoms with Gasteiger partial charge in [-0.05, 0) is 32.9 Å². The van der Waals surface area contributed by atoms with Crippen molar-refractivity contribution in [1.29, 1.82) is 0 Å². The van der Waals surface area contributed by atoms with Crippen LogP contribution < -0.4 is 4.90 Å². The van der Waals surface area contributed by atoms with Gasteiger partial charge in [-0.1, -0.05) is 18.2 Å². The molecule has 2 fully saturated rings. The Morgan fingerprint density at radius 2 is 1.89 bits per heavy atom. The number of ether oxygens (including phenoxy) is 1. The molecule has 0 radical (unpaired) electrons. The molecule has 2 aliphatic heterocycles. The Balaban J connectivity index is 1.38. The summed E-state index contributed by atoms with van der Waals surface area (Å²) in [5, 5.41) is 1.26. The van der Waals surface area contributed by atoms with Gasteiger partial charge >= 0.3 is 0 Å². The zero-order valence-corrected chi connectivity index (χ0v) is 16.9. The minimum Gasteiger partial charge on any atom is -0.374 e. The van der Waals surface area contributed by atoms with Gasteiger partial charge in [0.05, 0.1) is 18.2 Å². The molecule has 0 bridgehead atoms. The zero-order chi connectivity index (χ0) is 18.8. The number of fused-ring (bicyclic) bond motifs is 1. The van der Waals surface area contributed by atoms with Gasteiger partial charge in [0, 0.05) is 68.6 Å². The van der Waals surface area contributed by atoms with Gasteiger partial charge in [0.1, 0.15) is 0 Å². The summed E-state index contributed by atoms with van der Waals surface area (Å²) < 4.78 is 6.04. The summed E-state index contributed by atoms with van der Waals surface area (Å²) in [7, 11) is 0. The van der Waals surface area contributed by atoms with Gasteiger partial charge in [-0.2, -0.15) is 0 Å². The SMILES string of the molecule is Cc1cc(N2CCN(CC3CN(C(C)C)CCO3)CC2)c2ccccc2n1. The van der Waals surface area contributed by atoms with E-state index in [-0.39, 0.29) is 0 Å². The summed E-state index contributed by atoms with van der Waals surface area (Å²) in [5.41, 5.74) is 3.52. The number of piperazine rings is 1. The highest BCUT2D eigenvalue weighted by Gasteiger charge is 2.26. The summed E-state index contributed by atoms with van der Waals surface area (Å²) in [6, 6.07) is 11.3. The molecule has 0 spiro atoms. The van der Waals surface area contributed by atoms with Gasteiger partial charge < -0.3 is 9.64 Å². The van der Waals surface area contributed by atoms with E-state index in [9.17, 15) is 0 Å². The van der Waals surface area contributed by atoms with Crippen molar-refractivity contribution >= 4 is 16.6 Å². The second-order valence-corrected chi connectivity index (χ2v) is 8.17. The van der Waals surface area contributed by atoms with Gasteiger partial charge in [0.15, 0.2) is 0 Å². The number of aromatic nitrogens is 1. The van der Waals surface area contributed by atoms with E-state index in [1.807, 2.05) is 0 Å². The average Bonchev–Trinajstić information content (AvgIpc) is 2.68. The third-order valence-electron chi connectivity index (χ3n) is 5.90. The summed E-state index contributed by atoms with van der Waals surface area (Å²) in [6.45, 7) is 15.0. The van der Waals surface area contributed by atoms with Gasteiger partial charge in [-0.15, -0.1) is 0 Å². The van der Waals surface area contributed by atoms with Crippen LogP contribution >= 0.6 is 0 Å². The first-order valence-corrected chi connectivity index (χ1v) is 10.3. The smallest absolute Gasteiger partial charge is 0.0829 e. The largest absolute Gasteiger partial charge is 0.374 e. The number of para-hydroxylation sites is 1. The van der Waals surface area contributed by atoms with E-state index in [1.165, 1.54) is 11.1 Å². The van der Waals surface area contributed by atoms with E-state index in [0.29, 0.717) is 12.1 Å². The molecule has 1 unspecified atom stereocenters. The predicted octanol–water partition coefficient (Wildman–Crippen LogP) is 2.77. The van der Waals surface area contributed by atoms with Gasteiger partial charge in [-0.25, -0.2) is 0 Å². The minimum absolute atomic E-state index is 0.344. The molecule has 0 amide bonds. The molecule has 1 aromatic heterocycles. The van der Waals surface area contributed by atoms with Crippen LogP contribution in [-0.4, -0.2) is 79.3 Å². The quantitative estimate of drug-likeness (QED) is 0.828. The molecular weight excluding hydrogens is 336 g/mol. The number of rotatable bonds is 4. The van der Waals surface area contributed by atoms with Crippen LogP contribution in [0.3, 0.4) is 0 Å². The van der Waals surface area contributed by atoms with Crippen molar-refractivity contribution in [1.82, 2.24) is 14.8 Å². The van der Waals surface area contributed by atoms with Crippen LogP contribution in [-0.2, 0) is 4.74 Å². The van der Waals surface area contributed by atoms with Gasteiger partial charge in [0.25, 0.3) is 0 Å². The molecule has 0 N–H and O–H groups in total. The first-order chi connectivity index (χ1) is 13.1. The molecule has 0 saturated carbocycles. The lowest BCUT2D eigenvalue weighted by Gasteiger charge is -2.41. The number of nitrogens with zero attached hydrogens (tertiary/aromatic N) is 4. The number of hydrogen-bond acceptors (Lipinski definition) is 5. The summed E-state index contributed by atoms with van der Waals surface area (Å²) in [6.07, 6.45) is 0.344. The second-order valence-electron chi connectivity index (χ2n) is 8.17. The van der Waals surface area contributed by atoms with Crippen molar-refractivity contribution in [3.05, 3.63) is 36.0 Å². The Hall–Kier alpha value is -1.69. The molecule has 2 aromatic rings. The number of pyridine rings is 1.